The molecule has 0 bridgehead atoms. The average molecular weight is 258 g/mol. The van der Waals surface area contributed by atoms with E-state index in [0.717, 1.165) is 18.7 Å². The van der Waals surface area contributed by atoms with E-state index in [2.05, 4.69) is 30.9 Å². The van der Waals surface area contributed by atoms with Gasteiger partial charge >= 0.3 is 0 Å². The van der Waals surface area contributed by atoms with Crippen molar-refractivity contribution in [1.29, 1.82) is 0 Å². The van der Waals surface area contributed by atoms with Crippen molar-refractivity contribution in [1.82, 2.24) is 0 Å². The molecule has 1 saturated heterocycles. The molecule has 0 atom stereocenters. The average Bonchev–Trinajstić information content (AvgIpc) is 2.41. The number of amides is 1. The van der Waals surface area contributed by atoms with E-state index < -0.39 is 5.91 Å². The number of piperidine rings is 1. The van der Waals surface area contributed by atoms with Crippen LogP contribution in [0.2, 0.25) is 0 Å². The van der Waals surface area contributed by atoms with Crippen LogP contribution in [-0.4, -0.2) is 19.0 Å². The van der Waals surface area contributed by atoms with Crippen LogP contribution in [0, 0.1) is 13.8 Å². The second kappa shape index (κ2) is 5.91. The van der Waals surface area contributed by atoms with E-state index in [1.807, 2.05) is 0 Å². The Labute approximate surface area is 115 Å². The molecule has 1 aliphatic heterocycles. The van der Waals surface area contributed by atoms with Crippen LogP contribution >= 0.6 is 0 Å². The minimum absolute atomic E-state index is 0.405. The monoisotopic (exact) mass is 258 g/mol. The predicted molar refractivity (Wildman–Crippen MR) is 80.2 cm³/mol. The van der Waals surface area contributed by atoms with Crippen molar-refractivity contribution in [2.24, 2.45) is 5.73 Å². The summed E-state index contributed by atoms with van der Waals surface area (Å²) in [6, 6.07) is 4.24. The number of benzene rings is 1. The Morgan fingerprint density at radius 2 is 1.84 bits per heavy atom. The summed E-state index contributed by atoms with van der Waals surface area (Å²) in [5, 5.41) is 0. The second-order valence-electron chi connectivity index (χ2n) is 5.21. The molecule has 1 fully saturated rings. The van der Waals surface area contributed by atoms with Crippen LogP contribution in [0.25, 0.3) is 6.08 Å². The predicted octanol–water partition coefficient (Wildman–Crippen LogP) is 2.79. The zero-order valence-corrected chi connectivity index (χ0v) is 11.8. The van der Waals surface area contributed by atoms with Gasteiger partial charge in [0, 0.05) is 24.9 Å². The van der Waals surface area contributed by atoms with Gasteiger partial charge < -0.3 is 10.6 Å². The van der Waals surface area contributed by atoms with E-state index >= 15 is 0 Å². The molecule has 2 N–H and O–H groups in total. The van der Waals surface area contributed by atoms with Crippen LogP contribution in [0.3, 0.4) is 0 Å². The molecule has 0 saturated carbocycles. The molecule has 2 rings (SSSR count). The first-order valence-electron chi connectivity index (χ1n) is 6.92. The SMILES string of the molecule is Cc1c(/C=C\C(N)=O)ccc(N2CCCCC2)c1C. The lowest BCUT2D eigenvalue weighted by Gasteiger charge is -2.31. The highest BCUT2D eigenvalue weighted by molar-refractivity contribution is 5.90. The largest absolute Gasteiger partial charge is 0.371 e. The highest BCUT2D eigenvalue weighted by Crippen LogP contribution is 2.28. The van der Waals surface area contributed by atoms with Gasteiger partial charge in [-0.3, -0.25) is 4.79 Å². The number of carbonyl (C=O) groups is 1. The summed E-state index contributed by atoms with van der Waals surface area (Å²) in [7, 11) is 0. The molecule has 102 valence electrons. The summed E-state index contributed by atoms with van der Waals surface area (Å²) in [5.41, 5.74) is 10.1. The van der Waals surface area contributed by atoms with Gasteiger partial charge in [0.2, 0.25) is 5.91 Å². The molecule has 1 aromatic rings. The Hall–Kier alpha value is -1.77. The van der Waals surface area contributed by atoms with Crippen LogP contribution in [0.5, 0.6) is 0 Å². The first-order valence-corrected chi connectivity index (χ1v) is 6.92. The molecule has 1 heterocycles. The minimum atomic E-state index is -0.405. The molecular weight excluding hydrogens is 236 g/mol. The Kier molecular flexibility index (Phi) is 4.25. The number of nitrogens with zero attached hydrogens (tertiary/aromatic N) is 1. The van der Waals surface area contributed by atoms with Crippen molar-refractivity contribution in [3.05, 3.63) is 34.9 Å². The van der Waals surface area contributed by atoms with E-state index in [1.165, 1.54) is 42.2 Å². The van der Waals surface area contributed by atoms with Crippen LogP contribution in [-0.2, 0) is 4.79 Å². The molecule has 3 nitrogen and oxygen atoms in total. The normalized spacial score (nSPS) is 16.0. The topological polar surface area (TPSA) is 46.3 Å². The van der Waals surface area contributed by atoms with Crippen LogP contribution in [0.4, 0.5) is 5.69 Å². The fraction of sp³-hybridized carbons (Fsp3) is 0.438. The second-order valence-corrected chi connectivity index (χ2v) is 5.21. The zero-order valence-electron chi connectivity index (χ0n) is 11.8. The number of primary amides is 1. The summed E-state index contributed by atoms with van der Waals surface area (Å²) in [6.07, 6.45) is 7.12. The lowest BCUT2D eigenvalue weighted by atomic mass is 9.99. The fourth-order valence-electron chi connectivity index (χ4n) is 2.66. The molecular formula is C16H22N2O. The molecule has 0 aromatic heterocycles. The Morgan fingerprint density at radius 3 is 2.47 bits per heavy atom. The van der Waals surface area contributed by atoms with E-state index in [1.54, 1.807) is 6.08 Å². The van der Waals surface area contributed by atoms with Gasteiger partial charge in [-0.2, -0.15) is 0 Å². The van der Waals surface area contributed by atoms with Gasteiger partial charge in [-0.1, -0.05) is 6.07 Å². The van der Waals surface area contributed by atoms with Gasteiger partial charge in [0.25, 0.3) is 0 Å². The molecule has 0 aliphatic carbocycles. The lowest BCUT2D eigenvalue weighted by Crippen LogP contribution is -2.30. The van der Waals surface area contributed by atoms with Crippen LogP contribution < -0.4 is 10.6 Å². The van der Waals surface area contributed by atoms with Gasteiger partial charge in [-0.25, -0.2) is 0 Å². The molecule has 3 heteroatoms. The van der Waals surface area contributed by atoms with Gasteiger partial charge in [0.05, 0.1) is 0 Å². The van der Waals surface area contributed by atoms with Gasteiger partial charge in [-0.05, 0) is 61.9 Å². The number of hydrogen-bond donors (Lipinski definition) is 1. The highest BCUT2D eigenvalue weighted by atomic mass is 16.1. The van der Waals surface area contributed by atoms with E-state index in [0.29, 0.717) is 0 Å². The van der Waals surface area contributed by atoms with Crippen LogP contribution in [0.15, 0.2) is 18.2 Å². The molecule has 1 aliphatic rings. The molecule has 19 heavy (non-hydrogen) atoms. The van der Waals surface area contributed by atoms with Gasteiger partial charge in [0.1, 0.15) is 0 Å². The standard InChI is InChI=1S/C16H22N2O/c1-12-13(2)15(18-10-4-3-5-11-18)8-6-14(12)7-9-16(17)19/h6-9H,3-5,10-11H2,1-2H3,(H2,17,19)/b9-7-. The summed E-state index contributed by atoms with van der Waals surface area (Å²) in [5.74, 6) is -0.405. The maximum atomic E-state index is 10.8. The number of anilines is 1. The number of rotatable bonds is 3. The minimum Gasteiger partial charge on any atom is -0.371 e. The van der Waals surface area contributed by atoms with Crippen molar-refractivity contribution < 1.29 is 4.79 Å². The summed E-state index contributed by atoms with van der Waals surface area (Å²) in [6.45, 7) is 6.55. The quantitative estimate of drug-likeness (QED) is 0.847. The smallest absolute Gasteiger partial charge is 0.241 e. The number of nitrogens with two attached hydrogens (primary N) is 1. The Balaban J connectivity index is 2.28. The molecule has 0 spiro atoms. The fourth-order valence-corrected chi connectivity index (χ4v) is 2.66. The van der Waals surface area contributed by atoms with Crippen molar-refractivity contribution in [3.63, 3.8) is 0 Å². The van der Waals surface area contributed by atoms with E-state index in [4.69, 9.17) is 5.73 Å². The summed E-state index contributed by atoms with van der Waals surface area (Å²) >= 11 is 0. The zero-order chi connectivity index (χ0) is 13.8. The maximum Gasteiger partial charge on any atom is 0.241 e. The third kappa shape index (κ3) is 3.16. The first kappa shape index (κ1) is 13.7. The maximum absolute atomic E-state index is 10.8. The Morgan fingerprint density at radius 1 is 1.16 bits per heavy atom. The number of carbonyl (C=O) groups excluding carboxylic acids is 1. The third-order valence-electron chi connectivity index (χ3n) is 3.92. The van der Waals surface area contributed by atoms with Gasteiger partial charge in [0.15, 0.2) is 0 Å². The van der Waals surface area contributed by atoms with Crippen molar-refractivity contribution in [3.8, 4) is 0 Å². The third-order valence-corrected chi connectivity index (χ3v) is 3.92. The lowest BCUT2D eigenvalue weighted by molar-refractivity contribution is -0.113. The van der Waals surface area contributed by atoms with Crippen molar-refractivity contribution in [2.75, 3.05) is 18.0 Å². The Bertz CT molecular complexity index is 500. The molecule has 1 amide bonds. The summed E-state index contributed by atoms with van der Waals surface area (Å²) in [4.78, 5) is 13.3. The molecule has 0 radical (unpaired) electrons. The van der Waals surface area contributed by atoms with E-state index in [-0.39, 0.29) is 0 Å². The molecule has 1 aromatic carbocycles. The first-order chi connectivity index (χ1) is 9.09. The summed E-state index contributed by atoms with van der Waals surface area (Å²) < 4.78 is 0. The van der Waals surface area contributed by atoms with Crippen molar-refractivity contribution in [2.45, 2.75) is 33.1 Å². The van der Waals surface area contributed by atoms with Gasteiger partial charge in [-0.15, -0.1) is 0 Å². The van der Waals surface area contributed by atoms with Crippen LogP contribution in [0.1, 0.15) is 36.0 Å². The van der Waals surface area contributed by atoms with E-state index in [9.17, 15) is 4.79 Å². The highest BCUT2D eigenvalue weighted by Gasteiger charge is 2.14. The molecule has 0 unspecified atom stereocenters. The van der Waals surface area contributed by atoms with Crippen molar-refractivity contribution >= 4 is 17.7 Å². The number of hydrogen-bond acceptors (Lipinski definition) is 2.